The molecular weight excluding hydrogens is 282 g/mol. The minimum atomic E-state index is -0.463. The molecule has 0 aliphatic heterocycles. The Hall–Kier alpha value is -1.26. The number of carbonyl (C=O) groups is 2. The average molecular weight is 313 g/mol. The molecule has 0 heterocycles. The SMILES string of the molecule is CCOC(=O)C[C@H](C)C1CCC(NC(=O)OC(C)(C)C)CC1. The first-order valence-corrected chi connectivity index (χ1v) is 8.36. The van der Waals surface area contributed by atoms with E-state index in [4.69, 9.17) is 9.47 Å². The van der Waals surface area contributed by atoms with Gasteiger partial charge in [0.1, 0.15) is 5.60 Å². The molecule has 0 radical (unpaired) electrons. The Morgan fingerprint density at radius 1 is 1.18 bits per heavy atom. The van der Waals surface area contributed by atoms with Crippen LogP contribution in [0.4, 0.5) is 4.79 Å². The van der Waals surface area contributed by atoms with E-state index < -0.39 is 5.60 Å². The molecule has 1 aliphatic rings. The predicted octanol–water partition coefficient (Wildman–Crippen LogP) is 3.66. The van der Waals surface area contributed by atoms with Crippen molar-refractivity contribution in [2.45, 2.75) is 78.4 Å². The molecule has 1 atom stereocenters. The molecule has 1 N–H and O–H groups in total. The maximum atomic E-state index is 11.8. The van der Waals surface area contributed by atoms with Gasteiger partial charge in [-0.1, -0.05) is 6.92 Å². The maximum Gasteiger partial charge on any atom is 0.407 e. The topological polar surface area (TPSA) is 64.6 Å². The molecule has 0 aromatic carbocycles. The molecule has 0 bridgehead atoms. The van der Waals surface area contributed by atoms with Crippen molar-refractivity contribution in [1.29, 1.82) is 0 Å². The fourth-order valence-electron chi connectivity index (χ4n) is 2.96. The third-order valence-corrected chi connectivity index (χ3v) is 4.09. The Balaban J connectivity index is 2.31. The second-order valence-corrected chi connectivity index (χ2v) is 7.24. The molecular formula is C17H31NO4. The minimum Gasteiger partial charge on any atom is -0.466 e. The fraction of sp³-hybridized carbons (Fsp3) is 0.882. The van der Waals surface area contributed by atoms with Crippen LogP contribution >= 0.6 is 0 Å². The Kier molecular flexibility index (Phi) is 7.17. The monoisotopic (exact) mass is 313 g/mol. The van der Waals surface area contributed by atoms with Crippen molar-refractivity contribution in [2.24, 2.45) is 11.8 Å². The summed E-state index contributed by atoms with van der Waals surface area (Å²) in [6.45, 7) is 9.97. The molecule has 0 saturated heterocycles. The molecule has 0 aromatic heterocycles. The second-order valence-electron chi connectivity index (χ2n) is 7.24. The van der Waals surface area contributed by atoms with Crippen LogP contribution in [0.5, 0.6) is 0 Å². The highest BCUT2D eigenvalue weighted by Gasteiger charge is 2.28. The van der Waals surface area contributed by atoms with Crippen molar-refractivity contribution in [1.82, 2.24) is 5.32 Å². The molecule has 5 nitrogen and oxygen atoms in total. The van der Waals surface area contributed by atoms with Gasteiger partial charge in [-0.05, 0) is 65.2 Å². The van der Waals surface area contributed by atoms with Gasteiger partial charge in [-0.15, -0.1) is 0 Å². The van der Waals surface area contributed by atoms with E-state index in [9.17, 15) is 9.59 Å². The average Bonchev–Trinajstić information content (AvgIpc) is 2.37. The summed E-state index contributed by atoms with van der Waals surface area (Å²) in [5.41, 5.74) is -0.463. The summed E-state index contributed by atoms with van der Waals surface area (Å²) in [7, 11) is 0. The Morgan fingerprint density at radius 3 is 2.27 bits per heavy atom. The summed E-state index contributed by atoms with van der Waals surface area (Å²) in [4.78, 5) is 23.3. The molecule has 0 spiro atoms. The molecule has 5 heteroatoms. The normalized spacial score (nSPS) is 23.5. The summed E-state index contributed by atoms with van der Waals surface area (Å²) < 4.78 is 10.3. The number of rotatable bonds is 5. The molecule has 1 fully saturated rings. The van der Waals surface area contributed by atoms with Crippen LogP contribution in [0.2, 0.25) is 0 Å². The van der Waals surface area contributed by atoms with E-state index in [1.807, 2.05) is 27.7 Å². The van der Waals surface area contributed by atoms with Gasteiger partial charge in [0, 0.05) is 12.5 Å². The molecule has 22 heavy (non-hydrogen) atoms. The van der Waals surface area contributed by atoms with Gasteiger partial charge in [-0.2, -0.15) is 0 Å². The number of alkyl carbamates (subject to hydrolysis) is 1. The molecule has 0 unspecified atom stereocenters. The first kappa shape index (κ1) is 18.8. The van der Waals surface area contributed by atoms with Gasteiger partial charge >= 0.3 is 12.1 Å². The van der Waals surface area contributed by atoms with E-state index in [-0.39, 0.29) is 18.1 Å². The van der Waals surface area contributed by atoms with E-state index in [1.54, 1.807) is 0 Å². The summed E-state index contributed by atoms with van der Waals surface area (Å²) in [5.74, 6) is 0.756. The van der Waals surface area contributed by atoms with Crippen molar-refractivity contribution in [3.05, 3.63) is 0 Å². The van der Waals surface area contributed by atoms with E-state index in [2.05, 4.69) is 12.2 Å². The maximum absolute atomic E-state index is 11.8. The third kappa shape index (κ3) is 7.14. The van der Waals surface area contributed by atoms with Crippen molar-refractivity contribution in [2.75, 3.05) is 6.61 Å². The van der Waals surface area contributed by atoms with Crippen LogP contribution < -0.4 is 5.32 Å². The summed E-state index contributed by atoms with van der Waals surface area (Å²) in [5, 5.41) is 2.94. The van der Waals surface area contributed by atoms with Crippen LogP contribution in [0, 0.1) is 11.8 Å². The smallest absolute Gasteiger partial charge is 0.407 e. The lowest BCUT2D eigenvalue weighted by molar-refractivity contribution is -0.144. The first-order chi connectivity index (χ1) is 10.2. The van der Waals surface area contributed by atoms with Crippen molar-refractivity contribution < 1.29 is 19.1 Å². The zero-order valence-electron chi connectivity index (χ0n) is 14.6. The highest BCUT2D eigenvalue weighted by Crippen LogP contribution is 2.32. The van der Waals surface area contributed by atoms with Crippen molar-refractivity contribution in [3.63, 3.8) is 0 Å². The highest BCUT2D eigenvalue weighted by molar-refractivity contribution is 5.69. The quantitative estimate of drug-likeness (QED) is 0.787. The zero-order chi connectivity index (χ0) is 16.8. The summed E-state index contributed by atoms with van der Waals surface area (Å²) in [6, 6.07) is 0.181. The van der Waals surface area contributed by atoms with E-state index in [1.165, 1.54) is 0 Å². The lowest BCUT2D eigenvalue weighted by atomic mass is 9.78. The van der Waals surface area contributed by atoms with E-state index in [0.29, 0.717) is 24.9 Å². The van der Waals surface area contributed by atoms with Crippen molar-refractivity contribution in [3.8, 4) is 0 Å². The number of ether oxygens (including phenoxy) is 2. The van der Waals surface area contributed by atoms with Crippen LogP contribution in [0.25, 0.3) is 0 Å². The minimum absolute atomic E-state index is 0.107. The summed E-state index contributed by atoms with van der Waals surface area (Å²) in [6.07, 6.45) is 4.09. The molecule has 1 rings (SSSR count). The Labute approximate surface area is 134 Å². The van der Waals surface area contributed by atoms with Crippen LogP contribution in [0.1, 0.15) is 66.7 Å². The molecule has 1 aliphatic carbocycles. The number of hydrogen-bond acceptors (Lipinski definition) is 4. The number of amides is 1. The van der Waals surface area contributed by atoms with Gasteiger partial charge in [0.15, 0.2) is 0 Å². The van der Waals surface area contributed by atoms with E-state index in [0.717, 1.165) is 25.7 Å². The van der Waals surface area contributed by atoms with Crippen LogP contribution in [-0.2, 0) is 14.3 Å². The van der Waals surface area contributed by atoms with Gasteiger partial charge < -0.3 is 14.8 Å². The zero-order valence-corrected chi connectivity index (χ0v) is 14.6. The molecule has 1 amide bonds. The first-order valence-electron chi connectivity index (χ1n) is 8.36. The summed E-state index contributed by atoms with van der Waals surface area (Å²) >= 11 is 0. The largest absolute Gasteiger partial charge is 0.466 e. The molecule has 1 saturated carbocycles. The van der Waals surface area contributed by atoms with Gasteiger partial charge in [0.2, 0.25) is 0 Å². The number of carbonyl (C=O) groups excluding carboxylic acids is 2. The predicted molar refractivity (Wildman–Crippen MR) is 85.5 cm³/mol. The van der Waals surface area contributed by atoms with Gasteiger partial charge in [-0.3, -0.25) is 4.79 Å². The Bertz CT molecular complexity index is 367. The van der Waals surface area contributed by atoms with Crippen molar-refractivity contribution >= 4 is 12.1 Å². The lowest BCUT2D eigenvalue weighted by Crippen LogP contribution is -2.41. The van der Waals surface area contributed by atoms with Crippen LogP contribution in [-0.4, -0.2) is 30.3 Å². The van der Waals surface area contributed by atoms with Crippen LogP contribution in [0.15, 0.2) is 0 Å². The Morgan fingerprint density at radius 2 is 1.77 bits per heavy atom. The third-order valence-electron chi connectivity index (χ3n) is 4.09. The van der Waals surface area contributed by atoms with Gasteiger partial charge in [0.25, 0.3) is 0 Å². The fourth-order valence-corrected chi connectivity index (χ4v) is 2.96. The highest BCUT2D eigenvalue weighted by atomic mass is 16.6. The molecule has 0 aromatic rings. The standard InChI is InChI=1S/C17H31NO4/c1-6-21-15(19)11-12(2)13-7-9-14(10-8-13)18-16(20)22-17(3,4)5/h12-14H,6-11H2,1-5H3,(H,18,20)/t12-,13?,14?/m0/s1. The second kappa shape index (κ2) is 8.39. The number of nitrogens with one attached hydrogen (secondary N) is 1. The molecule has 128 valence electrons. The number of esters is 1. The van der Waals surface area contributed by atoms with Gasteiger partial charge in [0.05, 0.1) is 6.61 Å². The van der Waals surface area contributed by atoms with Crippen LogP contribution in [0.3, 0.4) is 0 Å². The van der Waals surface area contributed by atoms with Gasteiger partial charge in [-0.25, -0.2) is 4.79 Å². The lowest BCUT2D eigenvalue weighted by Gasteiger charge is -2.32. The number of hydrogen-bond donors (Lipinski definition) is 1. The van der Waals surface area contributed by atoms with E-state index >= 15 is 0 Å².